The van der Waals surface area contributed by atoms with E-state index in [1.165, 1.54) is 33.9 Å². The standard InChI is InChI=1S/C27H31N5O/c1-21-27(32-14-12-28-13-15-32)23(26(29-21)22-8-4-3-5-9-22)20-30-16-18-31(19-17-30)24-10-6-7-11-25(24)33-2/h3-14,29H,15-20H2,1-2H3. The molecule has 2 aromatic carbocycles. The van der Waals surface area contributed by atoms with Crippen molar-refractivity contribution in [3.05, 3.63) is 78.3 Å². The molecule has 1 fully saturated rings. The fourth-order valence-electron chi connectivity index (χ4n) is 4.86. The van der Waals surface area contributed by atoms with Crippen molar-refractivity contribution in [3.63, 3.8) is 0 Å². The lowest BCUT2D eigenvalue weighted by Crippen LogP contribution is -2.46. The van der Waals surface area contributed by atoms with Crippen LogP contribution in [0.15, 0.2) is 72.0 Å². The van der Waals surface area contributed by atoms with Gasteiger partial charge in [-0.1, -0.05) is 42.5 Å². The Morgan fingerprint density at radius 1 is 0.970 bits per heavy atom. The number of aromatic nitrogens is 1. The van der Waals surface area contributed by atoms with Crippen LogP contribution in [-0.4, -0.2) is 55.9 Å². The highest BCUT2D eigenvalue weighted by molar-refractivity contribution is 5.79. The highest BCUT2D eigenvalue weighted by atomic mass is 16.5. The Hall–Kier alpha value is -3.51. The highest BCUT2D eigenvalue weighted by Gasteiger charge is 2.25. The number of hydrogen-bond acceptors (Lipinski definition) is 5. The first-order valence-electron chi connectivity index (χ1n) is 11.6. The summed E-state index contributed by atoms with van der Waals surface area (Å²) in [6.07, 6.45) is 5.91. The number of piperazine rings is 1. The third-order valence-corrected chi connectivity index (χ3v) is 6.50. The van der Waals surface area contributed by atoms with E-state index in [1.54, 1.807) is 7.11 Å². The van der Waals surface area contributed by atoms with Gasteiger partial charge in [-0.3, -0.25) is 9.89 Å². The number of anilines is 2. The number of ether oxygens (including phenoxy) is 1. The number of aliphatic imine (C=N–C) groups is 1. The van der Waals surface area contributed by atoms with Crippen molar-refractivity contribution in [1.82, 2.24) is 9.88 Å². The average Bonchev–Trinajstić information content (AvgIpc) is 3.21. The van der Waals surface area contributed by atoms with Gasteiger partial charge in [0.1, 0.15) is 5.75 Å². The van der Waals surface area contributed by atoms with Crippen LogP contribution >= 0.6 is 0 Å². The number of H-pyrrole nitrogens is 1. The molecule has 33 heavy (non-hydrogen) atoms. The zero-order chi connectivity index (χ0) is 22.6. The van der Waals surface area contributed by atoms with Crippen molar-refractivity contribution in [1.29, 1.82) is 0 Å². The number of nitrogens with one attached hydrogen (secondary N) is 1. The number of benzene rings is 2. The van der Waals surface area contributed by atoms with Gasteiger partial charge in [0.05, 0.1) is 30.7 Å². The lowest BCUT2D eigenvalue weighted by Gasteiger charge is -2.37. The number of rotatable bonds is 6. The van der Waals surface area contributed by atoms with E-state index in [0.717, 1.165) is 45.0 Å². The Labute approximate surface area is 195 Å². The summed E-state index contributed by atoms with van der Waals surface area (Å²) < 4.78 is 5.59. The number of para-hydroxylation sites is 2. The molecule has 0 unspecified atom stereocenters. The van der Waals surface area contributed by atoms with Gasteiger partial charge in [-0.25, -0.2) is 0 Å². The van der Waals surface area contributed by atoms with Gasteiger partial charge in [0.25, 0.3) is 0 Å². The second-order valence-corrected chi connectivity index (χ2v) is 8.54. The number of methoxy groups -OCH3 is 1. The lowest BCUT2D eigenvalue weighted by molar-refractivity contribution is 0.249. The van der Waals surface area contributed by atoms with Gasteiger partial charge < -0.3 is 19.5 Å². The fourth-order valence-corrected chi connectivity index (χ4v) is 4.86. The van der Waals surface area contributed by atoms with Crippen LogP contribution in [0.2, 0.25) is 0 Å². The first kappa shape index (κ1) is 21.3. The normalized spacial score (nSPS) is 16.4. The quantitative estimate of drug-likeness (QED) is 0.603. The van der Waals surface area contributed by atoms with Crippen LogP contribution in [0.1, 0.15) is 11.3 Å². The van der Waals surface area contributed by atoms with E-state index in [-0.39, 0.29) is 0 Å². The predicted molar refractivity (Wildman–Crippen MR) is 136 cm³/mol. The number of aromatic amines is 1. The molecule has 2 aliphatic heterocycles. The summed E-state index contributed by atoms with van der Waals surface area (Å²) in [6, 6.07) is 19.0. The third kappa shape index (κ3) is 4.39. The van der Waals surface area contributed by atoms with E-state index in [9.17, 15) is 0 Å². The summed E-state index contributed by atoms with van der Waals surface area (Å²) >= 11 is 0. The molecule has 0 bridgehead atoms. The van der Waals surface area contributed by atoms with Crippen molar-refractivity contribution in [2.24, 2.45) is 4.99 Å². The molecule has 0 radical (unpaired) electrons. The third-order valence-electron chi connectivity index (χ3n) is 6.50. The van der Waals surface area contributed by atoms with Gasteiger partial charge in [0, 0.05) is 62.6 Å². The summed E-state index contributed by atoms with van der Waals surface area (Å²) in [4.78, 5) is 15.2. The van der Waals surface area contributed by atoms with Crippen LogP contribution in [0.3, 0.4) is 0 Å². The lowest BCUT2D eigenvalue weighted by atomic mass is 10.1. The molecule has 0 saturated carbocycles. The molecule has 3 heterocycles. The topological polar surface area (TPSA) is 47.1 Å². The Morgan fingerprint density at radius 2 is 1.73 bits per heavy atom. The van der Waals surface area contributed by atoms with Crippen LogP contribution in [0.4, 0.5) is 11.4 Å². The number of aryl methyl sites for hydroxylation is 1. The zero-order valence-electron chi connectivity index (χ0n) is 19.4. The summed E-state index contributed by atoms with van der Waals surface area (Å²) in [5.74, 6) is 0.944. The summed E-state index contributed by atoms with van der Waals surface area (Å²) in [6.45, 7) is 7.85. The second kappa shape index (κ2) is 9.55. The van der Waals surface area contributed by atoms with Crippen LogP contribution in [0.25, 0.3) is 11.3 Å². The van der Waals surface area contributed by atoms with E-state index in [0.29, 0.717) is 0 Å². The Balaban J connectivity index is 1.40. The minimum Gasteiger partial charge on any atom is -0.495 e. The maximum Gasteiger partial charge on any atom is 0.142 e. The molecule has 0 amide bonds. The fraction of sp³-hybridized carbons (Fsp3) is 0.296. The SMILES string of the molecule is COc1ccccc1N1CCN(Cc2c(-c3ccccc3)[nH]c(C)c2N2C=CN=CC2)CC1. The molecule has 2 aliphatic rings. The Bertz CT molecular complexity index is 1140. The summed E-state index contributed by atoms with van der Waals surface area (Å²) in [5, 5.41) is 0. The zero-order valence-corrected chi connectivity index (χ0v) is 19.4. The van der Waals surface area contributed by atoms with Crippen LogP contribution in [0.5, 0.6) is 5.75 Å². The molecule has 0 spiro atoms. The van der Waals surface area contributed by atoms with E-state index in [2.05, 4.69) is 80.3 Å². The van der Waals surface area contributed by atoms with Gasteiger partial charge in [-0.15, -0.1) is 0 Å². The summed E-state index contributed by atoms with van der Waals surface area (Å²) in [5.41, 5.74) is 7.43. The number of hydrogen-bond donors (Lipinski definition) is 1. The first-order chi connectivity index (χ1) is 16.2. The van der Waals surface area contributed by atoms with Crippen LogP contribution in [0, 0.1) is 6.92 Å². The van der Waals surface area contributed by atoms with Crippen molar-refractivity contribution in [2.45, 2.75) is 13.5 Å². The smallest absolute Gasteiger partial charge is 0.142 e. The maximum absolute atomic E-state index is 5.59. The van der Waals surface area contributed by atoms with E-state index in [4.69, 9.17) is 4.74 Å². The van der Waals surface area contributed by atoms with Gasteiger partial charge >= 0.3 is 0 Å². The van der Waals surface area contributed by atoms with Crippen molar-refractivity contribution in [3.8, 4) is 17.0 Å². The Morgan fingerprint density at radius 3 is 2.45 bits per heavy atom. The largest absolute Gasteiger partial charge is 0.495 e. The molecule has 5 rings (SSSR count). The molecule has 0 atom stereocenters. The molecule has 0 aliphatic carbocycles. The predicted octanol–water partition coefficient (Wildman–Crippen LogP) is 4.68. The molecule has 3 aromatic rings. The molecular weight excluding hydrogens is 410 g/mol. The average molecular weight is 442 g/mol. The van der Waals surface area contributed by atoms with Gasteiger partial charge in [-0.2, -0.15) is 0 Å². The second-order valence-electron chi connectivity index (χ2n) is 8.54. The van der Waals surface area contributed by atoms with Gasteiger partial charge in [-0.05, 0) is 24.6 Å². The molecule has 170 valence electrons. The molecule has 6 nitrogen and oxygen atoms in total. The minimum absolute atomic E-state index is 0.790. The molecule has 1 saturated heterocycles. The van der Waals surface area contributed by atoms with Gasteiger partial charge in [0.15, 0.2) is 0 Å². The van der Waals surface area contributed by atoms with Crippen molar-refractivity contribution < 1.29 is 4.74 Å². The highest BCUT2D eigenvalue weighted by Crippen LogP contribution is 2.36. The molecule has 6 heteroatoms. The molecular formula is C27H31N5O. The van der Waals surface area contributed by atoms with E-state index < -0.39 is 0 Å². The van der Waals surface area contributed by atoms with E-state index >= 15 is 0 Å². The summed E-state index contributed by atoms with van der Waals surface area (Å²) in [7, 11) is 1.75. The minimum atomic E-state index is 0.790. The number of nitrogens with zero attached hydrogens (tertiary/aromatic N) is 4. The van der Waals surface area contributed by atoms with Crippen LogP contribution < -0.4 is 14.5 Å². The van der Waals surface area contributed by atoms with Crippen molar-refractivity contribution in [2.75, 3.05) is 49.6 Å². The molecule has 1 N–H and O–H groups in total. The first-order valence-corrected chi connectivity index (χ1v) is 11.6. The van der Waals surface area contributed by atoms with Crippen molar-refractivity contribution >= 4 is 17.6 Å². The molecule has 1 aromatic heterocycles. The monoisotopic (exact) mass is 441 g/mol. The van der Waals surface area contributed by atoms with Crippen LogP contribution in [-0.2, 0) is 6.54 Å². The Kier molecular flexibility index (Phi) is 6.17. The maximum atomic E-state index is 5.59. The van der Waals surface area contributed by atoms with Gasteiger partial charge in [0.2, 0.25) is 0 Å². The van der Waals surface area contributed by atoms with E-state index in [1.807, 2.05) is 24.5 Å².